The Morgan fingerprint density at radius 2 is 1.95 bits per heavy atom. The highest BCUT2D eigenvalue weighted by Gasteiger charge is 2.06. The number of nitrogens with one attached hydrogen (secondary N) is 1. The van der Waals surface area contributed by atoms with Gasteiger partial charge in [0.1, 0.15) is 11.6 Å². The van der Waals surface area contributed by atoms with Gasteiger partial charge in [-0.1, -0.05) is 11.6 Å². The topological polar surface area (TPSA) is 64.3 Å². The zero-order chi connectivity index (χ0) is 14.5. The lowest BCUT2D eigenvalue weighted by atomic mass is 10.3. The molecule has 6 heteroatoms. The maximum absolute atomic E-state index is 12.7. The molecule has 1 amide bonds. The van der Waals surface area contributed by atoms with Gasteiger partial charge in [0.2, 0.25) is 0 Å². The van der Waals surface area contributed by atoms with Gasteiger partial charge in [-0.05, 0) is 42.5 Å². The number of ether oxygens (including phenoxy) is 1. The fourth-order valence-corrected chi connectivity index (χ4v) is 1.75. The smallest absolute Gasteiger partial charge is 0.262 e. The first-order valence-electron chi connectivity index (χ1n) is 5.78. The van der Waals surface area contributed by atoms with E-state index in [0.717, 1.165) is 0 Å². The highest BCUT2D eigenvalue weighted by Crippen LogP contribution is 2.26. The van der Waals surface area contributed by atoms with Gasteiger partial charge in [0.25, 0.3) is 5.91 Å². The van der Waals surface area contributed by atoms with Crippen molar-refractivity contribution >= 4 is 28.9 Å². The van der Waals surface area contributed by atoms with Crippen LogP contribution in [-0.2, 0) is 4.79 Å². The number of nitrogen functional groups attached to an aromatic ring is 1. The molecule has 2 aromatic carbocycles. The van der Waals surface area contributed by atoms with Crippen LogP contribution in [0.15, 0.2) is 42.5 Å². The number of hydrogen-bond donors (Lipinski definition) is 2. The molecule has 0 saturated carbocycles. The molecule has 0 aliphatic carbocycles. The highest BCUT2D eigenvalue weighted by atomic mass is 35.5. The SMILES string of the molecule is Nc1ccc(OCC(=O)Nc2ccc(F)cc2)c(Cl)c1. The number of hydrogen-bond acceptors (Lipinski definition) is 3. The van der Waals surface area contributed by atoms with Gasteiger partial charge in [-0.3, -0.25) is 4.79 Å². The quantitative estimate of drug-likeness (QED) is 0.852. The number of anilines is 2. The summed E-state index contributed by atoms with van der Waals surface area (Å²) in [4.78, 5) is 11.7. The Kier molecular flexibility index (Phi) is 4.42. The predicted molar refractivity (Wildman–Crippen MR) is 76.4 cm³/mol. The standard InChI is InChI=1S/C14H12ClFN2O2/c15-12-7-10(17)3-6-13(12)20-8-14(19)18-11-4-1-9(16)2-5-11/h1-7H,8,17H2,(H,18,19). The molecule has 0 heterocycles. The Hall–Kier alpha value is -2.27. The summed E-state index contributed by atoms with van der Waals surface area (Å²) in [7, 11) is 0. The van der Waals surface area contributed by atoms with Crippen LogP contribution in [0.3, 0.4) is 0 Å². The van der Waals surface area contributed by atoms with Gasteiger partial charge in [0, 0.05) is 11.4 Å². The summed E-state index contributed by atoms with van der Waals surface area (Å²) in [5.74, 6) is -0.368. The third-order valence-corrected chi connectivity index (χ3v) is 2.74. The lowest BCUT2D eigenvalue weighted by Crippen LogP contribution is -2.20. The number of benzene rings is 2. The fraction of sp³-hybridized carbons (Fsp3) is 0.0714. The van der Waals surface area contributed by atoms with Crippen molar-refractivity contribution in [1.82, 2.24) is 0 Å². The molecular weight excluding hydrogens is 283 g/mol. The molecule has 2 rings (SSSR count). The van der Waals surface area contributed by atoms with E-state index >= 15 is 0 Å². The zero-order valence-electron chi connectivity index (χ0n) is 10.4. The predicted octanol–water partition coefficient (Wildman–Crippen LogP) is 3.08. The van der Waals surface area contributed by atoms with E-state index in [-0.39, 0.29) is 18.3 Å². The monoisotopic (exact) mass is 294 g/mol. The summed E-state index contributed by atoms with van der Waals surface area (Å²) in [5.41, 5.74) is 6.55. The maximum atomic E-state index is 12.7. The van der Waals surface area contributed by atoms with Crippen molar-refractivity contribution in [3.8, 4) is 5.75 Å². The summed E-state index contributed by atoms with van der Waals surface area (Å²) in [6, 6.07) is 10.2. The lowest BCUT2D eigenvalue weighted by Gasteiger charge is -2.09. The minimum absolute atomic E-state index is 0.207. The molecule has 2 aromatic rings. The number of rotatable bonds is 4. The first-order chi connectivity index (χ1) is 9.54. The molecule has 20 heavy (non-hydrogen) atoms. The van der Waals surface area contributed by atoms with Crippen molar-refractivity contribution in [1.29, 1.82) is 0 Å². The van der Waals surface area contributed by atoms with Crippen molar-refractivity contribution in [2.75, 3.05) is 17.7 Å². The second-order valence-corrected chi connectivity index (χ2v) is 4.44. The number of amides is 1. The van der Waals surface area contributed by atoms with E-state index in [1.54, 1.807) is 12.1 Å². The molecule has 0 aromatic heterocycles. The summed E-state index contributed by atoms with van der Waals surface area (Å²) >= 11 is 5.91. The van der Waals surface area contributed by atoms with Crippen LogP contribution in [0, 0.1) is 5.82 Å². The van der Waals surface area contributed by atoms with Crippen molar-refractivity contribution in [2.24, 2.45) is 0 Å². The molecule has 0 unspecified atom stereocenters. The highest BCUT2D eigenvalue weighted by molar-refractivity contribution is 6.32. The number of carbonyl (C=O) groups is 1. The van der Waals surface area contributed by atoms with E-state index in [1.807, 2.05) is 0 Å². The summed E-state index contributed by atoms with van der Waals surface area (Å²) in [5, 5.41) is 2.90. The maximum Gasteiger partial charge on any atom is 0.262 e. The van der Waals surface area contributed by atoms with Gasteiger partial charge in [-0.25, -0.2) is 4.39 Å². The normalized spacial score (nSPS) is 10.1. The molecule has 0 saturated heterocycles. The van der Waals surface area contributed by atoms with E-state index in [0.29, 0.717) is 22.1 Å². The Bertz CT molecular complexity index is 617. The molecule has 0 fully saturated rings. The molecular formula is C14H12ClFN2O2. The third kappa shape index (κ3) is 3.86. The van der Waals surface area contributed by atoms with E-state index in [2.05, 4.69) is 5.32 Å². The molecule has 0 bridgehead atoms. The Morgan fingerprint density at radius 1 is 1.25 bits per heavy atom. The third-order valence-electron chi connectivity index (χ3n) is 2.44. The fourth-order valence-electron chi connectivity index (χ4n) is 1.51. The van der Waals surface area contributed by atoms with E-state index in [4.69, 9.17) is 22.1 Å². The second kappa shape index (κ2) is 6.25. The average Bonchev–Trinajstić information content (AvgIpc) is 2.40. The summed E-state index contributed by atoms with van der Waals surface area (Å²) in [6.45, 7) is -0.207. The van der Waals surface area contributed by atoms with Crippen molar-refractivity contribution in [3.63, 3.8) is 0 Å². The van der Waals surface area contributed by atoms with Crippen LogP contribution in [0.25, 0.3) is 0 Å². The minimum atomic E-state index is -0.371. The van der Waals surface area contributed by atoms with Gasteiger partial charge in [-0.15, -0.1) is 0 Å². The van der Waals surface area contributed by atoms with Crippen LogP contribution in [-0.4, -0.2) is 12.5 Å². The summed E-state index contributed by atoms with van der Waals surface area (Å²) < 4.78 is 18.0. The Labute approximate surface area is 120 Å². The number of halogens is 2. The molecule has 0 radical (unpaired) electrons. The van der Waals surface area contributed by atoms with Gasteiger partial charge in [0.05, 0.1) is 5.02 Å². The zero-order valence-corrected chi connectivity index (χ0v) is 11.2. The molecule has 3 N–H and O–H groups in total. The van der Waals surface area contributed by atoms with Gasteiger partial charge < -0.3 is 15.8 Å². The second-order valence-electron chi connectivity index (χ2n) is 4.03. The van der Waals surface area contributed by atoms with Crippen LogP contribution in [0.1, 0.15) is 0 Å². The lowest BCUT2D eigenvalue weighted by molar-refractivity contribution is -0.118. The molecule has 0 atom stereocenters. The van der Waals surface area contributed by atoms with E-state index in [9.17, 15) is 9.18 Å². The van der Waals surface area contributed by atoms with Gasteiger partial charge in [0.15, 0.2) is 6.61 Å². The Balaban J connectivity index is 1.90. The van der Waals surface area contributed by atoms with Crippen LogP contribution < -0.4 is 15.8 Å². The minimum Gasteiger partial charge on any atom is -0.482 e. The van der Waals surface area contributed by atoms with Crippen LogP contribution in [0.4, 0.5) is 15.8 Å². The molecule has 104 valence electrons. The van der Waals surface area contributed by atoms with Crippen molar-refractivity contribution in [3.05, 3.63) is 53.3 Å². The Morgan fingerprint density at radius 3 is 2.60 bits per heavy atom. The van der Waals surface area contributed by atoms with E-state index in [1.165, 1.54) is 30.3 Å². The largest absolute Gasteiger partial charge is 0.482 e. The van der Waals surface area contributed by atoms with Crippen LogP contribution in [0.5, 0.6) is 5.75 Å². The first-order valence-corrected chi connectivity index (χ1v) is 6.15. The van der Waals surface area contributed by atoms with Crippen molar-refractivity contribution < 1.29 is 13.9 Å². The number of carbonyl (C=O) groups excluding carboxylic acids is 1. The van der Waals surface area contributed by atoms with E-state index < -0.39 is 0 Å². The molecule has 0 spiro atoms. The first kappa shape index (κ1) is 14.1. The molecule has 4 nitrogen and oxygen atoms in total. The van der Waals surface area contributed by atoms with Crippen LogP contribution in [0.2, 0.25) is 5.02 Å². The van der Waals surface area contributed by atoms with Crippen molar-refractivity contribution in [2.45, 2.75) is 0 Å². The molecule has 0 aliphatic rings. The summed E-state index contributed by atoms with van der Waals surface area (Å²) in [6.07, 6.45) is 0. The average molecular weight is 295 g/mol. The van der Waals surface area contributed by atoms with Crippen LogP contribution >= 0.6 is 11.6 Å². The number of nitrogens with two attached hydrogens (primary N) is 1. The van der Waals surface area contributed by atoms with Gasteiger partial charge >= 0.3 is 0 Å². The molecule has 0 aliphatic heterocycles. The van der Waals surface area contributed by atoms with Gasteiger partial charge in [-0.2, -0.15) is 0 Å².